The van der Waals surface area contributed by atoms with Gasteiger partial charge < -0.3 is 0 Å². The van der Waals surface area contributed by atoms with E-state index in [1.807, 2.05) is 83.1 Å². The molecule has 6 aliphatic rings. The molecule has 6 aliphatic heterocycles. The van der Waals surface area contributed by atoms with E-state index in [4.69, 9.17) is 0 Å². The normalized spacial score (nSPS) is 13.2. The minimum absolute atomic E-state index is 0.222. The number of aryl methyl sites for hydroxylation is 3. The maximum absolute atomic E-state index is 2.52. The van der Waals surface area contributed by atoms with Crippen molar-refractivity contribution in [2.75, 3.05) is 0 Å². The predicted molar refractivity (Wildman–Crippen MR) is 365 cm³/mol. The Morgan fingerprint density at radius 1 is 0.210 bits per heavy atom. The number of hydrogen-bond donors (Lipinski definition) is 0. The summed E-state index contributed by atoms with van der Waals surface area (Å²) in [5.74, 6) is 0. The van der Waals surface area contributed by atoms with Crippen LogP contribution in [0.15, 0.2) is 127 Å². The fraction of sp³-hybridized carbons (Fsp3) is 0.308. The maximum atomic E-state index is 2.52. The first-order chi connectivity index (χ1) is 39.8. The van der Waals surface area contributed by atoms with E-state index in [0.29, 0.717) is 0 Å². The van der Waals surface area contributed by atoms with Crippen molar-refractivity contribution < 1.29 is 0 Å². The molecule has 10 aromatic carbocycles. The van der Waals surface area contributed by atoms with Gasteiger partial charge in [-0.3, -0.25) is 0 Å². The molecule has 0 bridgehead atoms. The van der Waals surface area contributed by atoms with Gasteiger partial charge in [0.1, 0.15) is 0 Å². The molecular formula is C78H87B3. The molecule has 0 amide bonds. The molecule has 0 fully saturated rings. The third-order valence-electron chi connectivity index (χ3n) is 19.3. The first-order valence-corrected chi connectivity index (χ1v) is 31.8. The lowest BCUT2D eigenvalue weighted by atomic mass is 9.29. The van der Waals surface area contributed by atoms with Crippen molar-refractivity contribution in [3.8, 4) is 0 Å². The first-order valence-electron chi connectivity index (χ1n) is 31.8. The van der Waals surface area contributed by atoms with Crippen LogP contribution in [0.4, 0.5) is 0 Å². The monoisotopic (exact) mass is 1060 g/mol. The summed E-state index contributed by atoms with van der Waals surface area (Å²) in [6.07, 6.45) is 5.93. The van der Waals surface area contributed by atoms with Crippen LogP contribution in [0.1, 0.15) is 183 Å². The average molecular weight is 1060 g/mol. The fourth-order valence-electron chi connectivity index (χ4n) is 16.3. The molecule has 3 heteroatoms. The van der Waals surface area contributed by atoms with Crippen LogP contribution in [0, 0.1) is 41.5 Å². The molecule has 0 saturated carbocycles. The highest BCUT2D eigenvalue weighted by atomic mass is 14.4. The van der Waals surface area contributed by atoms with E-state index in [1.54, 1.807) is 49.5 Å². The Kier molecular flexibility index (Phi) is 16.4. The van der Waals surface area contributed by atoms with Crippen LogP contribution in [0.3, 0.4) is 0 Å². The Morgan fingerprint density at radius 2 is 0.420 bits per heavy atom. The average Bonchev–Trinajstić information content (AvgIpc) is 3.35. The topological polar surface area (TPSA) is 0 Å². The third kappa shape index (κ3) is 8.23. The van der Waals surface area contributed by atoms with Gasteiger partial charge in [-0.25, -0.2) is 0 Å². The summed E-state index contributed by atoms with van der Waals surface area (Å²) in [5.41, 5.74) is 41.1. The number of fused-ring (bicyclic) bond motifs is 21. The zero-order valence-electron chi connectivity index (χ0n) is 52.6. The molecule has 0 radical (unpaired) electrons. The van der Waals surface area contributed by atoms with E-state index in [9.17, 15) is 0 Å². The van der Waals surface area contributed by atoms with Crippen molar-refractivity contribution in [2.45, 2.75) is 163 Å². The number of benzene rings is 10. The standard InChI is InChI=1S/C66H51B3.6C2H6/c1-34-37(4)61-49(31-46-22-13-19-43-28-40-16-7-10-25-52(40)67(61)64(43)46)58-55(34)59-50-32-47-23-14-20-44-29-41-17-8-11-26-53(41)68(65(44)47)62(50)38(5)35(2)57(59)60-51-33-48-24-15-21-45-30-42-18-9-12-27-54(42)69(66(45)48)63(51)39(6)36(3)56(58)60;6*1-2/h7-27H,28-33H2,1-6H3;6*1-2H3. The molecule has 0 aromatic heterocycles. The highest BCUT2D eigenvalue weighted by Crippen LogP contribution is 2.48. The Labute approximate surface area is 489 Å². The van der Waals surface area contributed by atoms with Gasteiger partial charge in [-0.2, -0.15) is 0 Å². The van der Waals surface area contributed by atoms with Gasteiger partial charge in [0.2, 0.25) is 20.1 Å². The number of hydrogen-bond acceptors (Lipinski definition) is 0. The summed E-state index contributed by atoms with van der Waals surface area (Å²) in [5, 5.41) is 9.17. The molecule has 0 N–H and O–H groups in total. The van der Waals surface area contributed by atoms with Crippen molar-refractivity contribution >= 4 is 102 Å². The van der Waals surface area contributed by atoms with E-state index >= 15 is 0 Å². The molecule has 6 heterocycles. The van der Waals surface area contributed by atoms with Crippen molar-refractivity contribution in [3.63, 3.8) is 0 Å². The molecule has 0 atom stereocenters. The first kappa shape index (κ1) is 57.4. The van der Waals surface area contributed by atoms with Crippen LogP contribution in [-0.2, 0) is 38.5 Å². The van der Waals surface area contributed by atoms with Crippen LogP contribution in [0.2, 0.25) is 0 Å². The smallest absolute Gasteiger partial charge is 0.0683 e. The van der Waals surface area contributed by atoms with Crippen molar-refractivity contribution in [1.82, 2.24) is 0 Å². The van der Waals surface area contributed by atoms with Crippen LogP contribution in [0.5, 0.6) is 0 Å². The molecule has 0 spiro atoms. The van der Waals surface area contributed by atoms with Crippen molar-refractivity contribution in [1.29, 1.82) is 0 Å². The zero-order valence-corrected chi connectivity index (χ0v) is 52.6. The summed E-state index contributed by atoms with van der Waals surface area (Å²) >= 11 is 0. The molecule has 0 saturated heterocycles. The minimum Gasteiger partial charge on any atom is -0.0683 e. The lowest BCUT2D eigenvalue weighted by molar-refractivity contribution is 1.14. The molecule has 0 unspecified atom stereocenters. The van der Waals surface area contributed by atoms with E-state index in [-0.39, 0.29) is 20.1 Å². The Balaban J connectivity index is 0.000000579. The second-order valence-corrected chi connectivity index (χ2v) is 22.1. The molecule has 0 nitrogen and oxygen atoms in total. The molecule has 16 rings (SSSR count). The van der Waals surface area contributed by atoms with Gasteiger partial charge >= 0.3 is 0 Å². The Bertz CT molecular complexity index is 3660. The van der Waals surface area contributed by atoms with Gasteiger partial charge in [0, 0.05) is 0 Å². The van der Waals surface area contributed by atoms with Crippen molar-refractivity contribution in [2.24, 2.45) is 0 Å². The number of rotatable bonds is 0. The van der Waals surface area contributed by atoms with Crippen molar-refractivity contribution in [3.05, 3.63) is 228 Å². The summed E-state index contributed by atoms with van der Waals surface area (Å²) in [6.45, 7) is 39.7. The molecule has 0 aliphatic carbocycles. The lowest BCUT2D eigenvalue weighted by Gasteiger charge is -2.40. The summed E-state index contributed by atoms with van der Waals surface area (Å²) < 4.78 is 0. The SMILES string of the molecule is CC.CC.CC.CC.CC.CC.Cc1c2c(c3c(c1C)c1c4c(c(C)c(C)c1c1c5c(c(C)c(C)c31)B1c3ccccc3Cc3cccc(c31)C5)B1c3ccccc3Cc3cccc(c31)C4)Cc1cccc3c1B2c1ccccc1C3. The van der Waals surface area contributed by atoms with Crippen LogP contribution < -0.4 is 49.2 Å². The van der Waals surface area contributed by atoms with Crippen LogP contribution in [0.25, 0.3) is 32.3 Å². The van der Waals surface area contributed by atoms with Gasteiger partial charge in [0.25, 0.3) is 0 Å². The summed E-state index contributed by atoms with van der Waals surface area (Å²) in [4.78, 5) is 0. The summed E-state index contributed by atoms with van der Waals surface area (Å²) in [6, 6.07) is 50.0. The minimum atomic E-state index is 0.222. The van der Waals surface area contributed by atoms with E-state index in [2.05, 4.69) is 169 Å². The van der Waals surface area contributed by atoms with Gasteiger partial charge in [0.05, 0.1) is 0 Å². The van der Waals surface area contributed by atoms with Gasteiger partial charge in [-0.05, 0) is 196 Å². The maximum Gasteiger partial charge on any atom is 0.243 e. The fourth-order valence-corrected chi connectivity index (χ4v) is 16.3. The van der Waals surface area contributed by atoms with Gasteiger partial charge in [-0.15, -0.1) is 0 Å². The summed E-state index contributed by atoms with van der Waals surface area (Å²) in [7, 11) is 0. The molecule has 81 heavy (non-hydrogen) atoms. The van der Waals surface area contributed by atoms with E-state index in [1.165, 1.54) is 132 Å². The van der Waals surface area contributed by atoms with Crippen LogP contribution in [-0.4, -0.2) is 20.1 Å². The Hall–Kier alpha value is -6.83. The van der Waals surface area contributed by atoms with Crippen LogP contribution >= 0.6 is 0 Å². The predicted octanol–water partition coefficient (Wildman–Crippen LogP) is 14.1. The molecule has 10 aromatic rings. The largest absolute Gasteiger partial charge is 0.243 e. The quantitative estimate of drug-likeness (QED) is 0.105. The van der Waals surface area contributed by atoms with E-state index < -0.39 is 0 Å². The van der Waals surface area contributed by atoms with Gasteiger partial charge in [-0.1, -0.05) is 276 Å². The third-order valence-corrected chi connectivity index (χ3v) is 19.3. The molecular weight excluding hydrogens is 969 g/mol. The Morgan fingerprint density at radius 3 is 0.667 bits per heavy atom. The van der Waals surface area contributed by atoms with E-state index in [0.717, 1.165) is 38.5 Å². The molecule has 408 valence electrons. The lowest BCUT2D eigenvalue weighted by Crippen LogP contribution is -2.62. The zero-order chi connectivity index (χ0) is 57.9. The van der Waals surface area contributed by atoms with Gasteiger partial charge in [0.15, 0.2) is 0 Å². The second-order valence-electron chi connectivity index (χ2n) is 22.1. The highest BCUT2D eigenvalue weighted by Gasteiger charge is 2.45. The second kappa shape index (κ2) is 23.2. The highest BCUT2D eigenvalue weighted by molar-refractivity contribution is 6.99.